The van der Waals surface area contributed by atoms with E-state index < -0.39 is 18.4 Å². The number of benzene rings is 2. The Morgan fingerprint density at radius 1 is 1.14 bits per heavy atom. The SMILES string of the molecule is [2H]C([2H])Oc1ccc(-c2ccc3c(c2)COC3=O)c(OCC(C)(C)C(=O)OC)c1OC. The third kappa shape index (κ3) is 3.85. The van der Waals surface area contributed by atoms with Crippen molar-refractivity contribution >= 4 is 11.9 Å². The van der Waals surface area contributed by atoms with Crippen molar-refractivity contribution in [1.82, 2.24) is 0 Å². The van der Waals surface area contributed by atoms with Crippen molar-refractivity contribution < 1.29 is 36.0 Å². The molecule has 0 unspecified atom stereocenters. The molecule has 2 aromatic rings. The third-order valence-corrected chi connectivity index (χ3v) is 4.72. The highest BCUT2D eigenvalue weighted by atomic mass is 16.5. The number of esters is 2. The maximum Gasteiger partial charge on any atom is 0.338 e. The Kier molecular flexibility index (Phi) is 4.94. The van der Waals surface area contributed by atoms with Crippen LogP contribution < -0.4 is 14.2 Å². The third-order valence-electron chi connectivity index (χ3n) is 4.72. The van der Waals surface area contributed by atoms with Crippen molar-refractivity contribution in [2.45, 2.75) is 20.5 Å². The molecule has 2 aromatic carbocycles. The fourth-order valence-corrected chi connectivity index (χ4v) is 3.09. The molecule has 0 amide bonds. The topological polar surface area (TPSA) is 80.3 Å². The number of cyclic esters (lactones) is 1. The maximum atomic E-state index is 12.1. The van der Waals surface area contributed by atoms with E-state index in [9.17, 15) is 9.59 Å². The van der Waals surface area contributed by atoms with Crippen molar-refractivity contribution in [2.24, 2.45) is 5.41 Å². The highest BCUT2D eigenvalue weighted by Crippen LogP contribution is 2.45. The minimum atomic E-state index is -1.57. The Morgan fingerprint density at radius 3 is 2.59 bits per heavy atom. The van der Waals surface area contributed by atoms with Crippen LogP contribution in [0.25, 0.3) is 11.1 Å². The molecular formula is C22H24O7. The summed E-state index contributed by atoms with van der Waals surface area (Å²) in [5.41, 5.74) is 1.68. The fourth-order valence-electron chi connectivity index (χ4n) is 3.09. The summed E-state index contributed by atoms with van der Waals surface area (Å²) in [6, 6.07) is 8.56. The van der Waals surface area contributed by atoms with Crippen LogP contribution in [0.4, 0.5) is 0 Å². The lowest BCUT2D eigenvalue weighted by molar-refractivity contribution is -0.152. The predicted molar refractivity (Wildman–Crippen MR) is 105 cm³/mol. The Bertz CT molecular complexity index is 1000. The van der Waals surface area contributed by atoms with Gasteiger partial charge in [-0.15, -0.1) is 0 Å². The van der Waals surface area contributed by atoms with E-state index >= 15 is 0 Å². The van der Waals surface area contributed by atoms with E-state index in [4.69, 9.17) is 26.4 Å². The number of ether oxygens (including phenoxy) is 5. The van der Waals surface area contributed by atoms with Crippen molar-refractivity contribution in [1.29, 1.82) is 0 Å². The summed E-state index contributed by atoms with van der Waals surface area (Å²) in [5.74, 6) is -0.174. The molecule has 0 aromatic heterocycles. The minimum Gasteiger partial charge on any atom is -0.493 e. The summed E-state index contributed by atoms with van der Waals surface area (Å²) in [7, 11) is 1.16. The first-order valence-corrected chi connectivity index (χ1v) is 8.91. The molecule has 7 nitrogen and oxygen atoms in total. The van der Waals surface area contributed by atoms with E-state index in [0.29, 0.717) is 11.1 Å². The zero-order valence-corrected chi connectivity index (χ0v) is 16.7. The molecule has 0 aliphatic carbocycles. The number of hydrogen-bond donors (Lipinski definition) is 0. The largest absolute Gasteiger partial charge is 0.493 e. The lowest BCUT2D eigenvalue weighted by Gasteiger charge is -2.24. The molecule has 1 heterocycles. The molecule has 7 heteroatoms. The second kappa shape index (κ2) is 8.03. The normalized spacial score (nSPS) is 13.9. The Balaban J connectivity index is 2.08. The molecule has 1 aliphatic heterocycles. The first-order chi connectivity index (χ1) is 14.7. The van der Waals surface area contributed by atoms with Crippen molar-refractivity contribution in [3.8, 4) is 28.4 Å². The maximum absolute atomic E-state index is 12.1. The van der Waals surface area contributed by atoms with Crippen LogP contribution in [0.15, 0.2) is 30.3 Å². The van der Waals surface area contributed by atoms with Gasteiger partial charge in [0.15, 0.2) is 11.5 Å². The van der Waals surface area contributed by atoms with Gasteiger partial charge >= 0.3 is 11.9 Å². The zero-order chi connectivity index (χ0) is 22.8. The average molecular weight is 402 g/mol. The van der Waals surface area contributed by atoms with Crippen molar-refractivity contribution in [2.75, 3.05) is 27.9 Å². The monoisotopic (exact) mass is 402 g/mol. The summed E-state index contributed by atoms with van der Waals surface area (Å²) < 4.78 is 41.5. The lowest BCUT2D eigenvalue weighted by atomic mass is 9.95. The van der Waals surface area contributed by atoms with Crippen LogP contribution in [0, 0.1) is 5.41 Å². The van der Waals surface area contributed by atoms with Gasteiger partial charge in [0.2, 0.25) is 5.75 Å². The van der Waals surface area contributed by atoms with Gasteiger partial charge in [-0.05, 0) is 43.7 Å². The predicted octanol–water partition coefficient (Wildman–Crippen LogP) is 3.62. The molecule has 29 heavy (non-hydrogen) atoms. The van der Waals surface area contributed by atoms with Crippen LogP contribution in [-0.4, -0.2) is 39.8 Å². The van der Waals surface area contributed by atoms with Crippen LogP contribution in [0.1, 0.15) is 32.5 Å². The molecule has 0 saturated heterocycles. The molecule has 0 spiro atoms. The van der Waals surface area contributed by atoms with Gasteiger partial charge in [0.1, 0.15) is 13.2 Å². The van der Waals surface area contributed by atoms with Crippen molar-refractivity contribution in [3.63, 3.8) is 0 Å². The van der Waals surface area contributed by atoms with E-state index in [1.54, 1.807) is 38.1 Å². The second-order valence-electron chi connectivity index (χ2n) is 7.20. The Labute approximate surface area is 172 Å². The first-order valence-electron chi connectivity index (χ1n) is 10.1. The highest BCUT2D eigenvalue weighted by Gasteiger charge is 2.31. The van der Waals surface area contributed by atoms with Gasteiger partial charge in [0.25, 0.3) is 0 Å². The van der Waals surface area contributed by atoms with E-state index in [-0.39, 0.29) is 36.4 Å². The van der Waals surface area contributed by atoms with Gasteiger partial charge in [-0.25, -0.2) is 4.79 Å². The highest BCUT2D eigenvalue weighted by molar-refractivity contribution is 5.94. The van der Waals surface area contributed by atoms with Gasteiger partial charge in [-0.3, -0.25) is 4.79 Å². The summed E-state index contributed by atoms with van der Waals surface area (Å²) in [4.78, 5) is 23.9. The Morgan fingerprint density at radius 2 is 1.90 bits per heavy atom. The summed E-state index contributed by atoms with van der Waals surface area (Å²) >= 11 is 0. The molecule has 0 atom stereocenters. The molecule has 154 valence electrons. The molecule has 0 saturated carbocycles. The van der Waals surface area contributed by atoms with Gasteiger partial charge < -0.3 is 23.7 Å². The minimum absolute atomic E-state index is 0.0236. The van der Waals surface area contributed by atoms with Crippen LogP contribution in [0.2, 0.25) is 0 Å². The molecule has 0 radical (unpaired) electrons. The summed E-state index contributed by atoms with van der Waals surface area (Å²) in [6.45, 7) is 3.54. The van der Waals surface area contributed by atoms with Gasteiger partial charge in [-0.1, -0.05) is 6.07 Å². The molecule has 1 aliphatic rings. The average Bonchev–Trinajstić information content (AvgIpc) is 3.11. The van der Waals surface area contributed by atoms with E-state index in [2.05, 4.69) is 0 Å². The van der Waals surface area contributed by atoms with Gasteiger partial charge in [-0.2, -0.15) is 0 Å². The molecular weight excluding hydrogens is 376 g/mol. The van der Waals surface area contributed by atoms with Gasteiger partial charge in [0.05, 0.1) is 35.0 Å². The molecule has 0 fully saturated rings. The fraction of sp³-hybridized carbons (Fsp3) is 0.364. The quantitative estimate of drug-likeness (QED) is 0.655. The Hall–Kier alpha value is -3.22. The molecule has 0 bridgehead atoms. The van der Waals surface area contributed by atoms with E-state index in [1.165, 1.54) is 14.2 Å². The van der Waals surface area contributed by atoms with Crippen molar-refractivity contribution in [3.05, 3.63) is 41.5 Å². The van der Waals surface area contributed by atoms with E-state index in [1.807, 2.05) is 6.07 Å². The van der Waals surface area contributed by atoms with Crippen LogP contribution >= 0.6 is 0 Å². The second-order valence-corrected chi connectivity index (χ2v) is 7.20. The number of carbonyl (C=O) groups is 2. The number of hydrogen-bond acceptors (Lipinski definition) is 7. The first kappa shape index (κ1) is 17.8. The molecule has 0 N–H and O–H groups in total. The number of methoxy groups -OCH3 is 3. The summed E-state index contributed by atoms with van der Waals surface area (Å²) in [5, 5.41) is 0. The lowest BCUT2D eigenvalue weighted by Crippen LogP contribution is -2.32. The van der Waals surface area contributed by atoms with Crippen LogP contribution in [0.3, 0.4) is 0 Å². The number of carbonyl (C=O) groups excluding carboxylic acids is 2. The standard InChI is InChI=1S/C22H24O7/c1-22(2,21(24)27-5)12-29-18-15(8-9-17(25-3)19(18)26-4)13-6-7-16-14(10-13)11-28-20(16)23/h6-10H,11-12H2,1-5H3/i3D2. The smallest absolute Gasteiger partial charge is 0.338 e. The van der Waals surface area contributed by atoms with E-state index in [0.717, 1.165) is 11.1 Å². The van der Waals surface area contributed by atoms with Crippen LogP contribution in [0.5, 0.6) is 17.2 Å². The van der Waals surface area contributed by atoms with Gasteiger partial charge in [0, 0.05) is 11.1 Å². The number of fused-ring (bicyclic) bond motifs is 1. The zero-order valence-electron chi connectivity index (χ0n) is 18.7. The molecule has 3 rings (SSSR count). The van der Waals surface area contributed by atoms with Crippen LogP contribution in [-0.2, 0) is 20.9 Å². The number of rotatable bonds is 7. The summed E-state index contributed by atoms with van der Waals surface area (Å²) in [6.07, 6.45) is 0.